The van der Waals surface area contributed by atoms with E-state index in [9.17, 15) is 0 Å². The SMILES string of the molecule is CNc1cc(C(C)C)nc(-c2occc2C)n1. The second-order valence-corrected chi connectivity index (χ2v) is 4.34. The summed E-state index contributed by atoms with van der Waals surface area (Å²) in [6, 6.07) is 3.88. The molecule has 0 spiro atoms. The lowest BCUT2D eigenvalue weighted by Gasteiger charge is -2.09. The van der Waals surface area contributed by atoms with Crippen LogP contribution in [0.1, 0.15) is 31.0 Å². The zero-order valence-corrected chi connectivity index (χ0v) is 10.6. The molecule has 0 aliphatic carbocycles. The molecule has 0 amide bonds. The van der Waals surface area contributed by atoms with E-state index in [1.165, 1.54) is 0 Å². The van der Waals surface area contributed by atoms with E-state index < -0.39 is 0 Å². The maximum atomic E-state index is 5.43. The topological polar surface area (TPSA) is 51.0 Å². The number of rotatable bonds is 3. The highest BCUT2D eigenvalue weighted by molar-refractivity contribution is 5.55. The van der Waals surface area contributed by atoms with Crippen molar-refractivity contribution in [3.05, 3.63) is 29.7 Å². The van der Waals surface area contributed by atoms with E-state index >= 15 is 0 Å². The van der Waals surface area contributed by atoms with Gasteiger partial charge in [0.05, 0.1) is 6.26 Å². The van der Waals surface area contributed by atoms with E-state index in [0.717, 1.165) is 22.8 Å². The van der Waals surface area contributed by atoms with Crippen LogP contribution in [-0.2, 0) is 0 Å². The quantitative estimate of drug-likeness (QED) is 0.881. The monoisotopic (exact) mass is 231 g/mol. The van der Waals surface area contributed by atoms with Crippen LogP contribution in [0.25, 0.3) is 11.6 Å². The lowest BCUT2D eigenvalue weighted by Crippen LogP contribution is -2.02. The molecule has 0 atom stereocenters. The minimum Gasteiger partial charge on any atom is -0.461 e. The number of nitrogens with one attached hydrogen (secondary N) is 1. The number of furan rings is 1. The number of hydrogen-bond acceptors (Lipinski definition) is 4. The molecule has 2 aromatic heterocycles. The number of anilines is 1. The Morgan fingerprint density at radius 3 is 2.59 bits per heavy atom. The van der Waals surface area contributed by atoms with Crippen LogP contribution in [0.15, 0.2) is 22.8 Å². The zero-order chi connectivity index (χ0) is 12.4. The molecule has 4 nitrogen and oxygen atoms in total. The van der Waals surface area contributed by atoms with Crippen molar-refractivity contribution in [1.29, 1.82) is 0 Å². The van der Waals surface area contributed by atoms with E-state index in [0.29, 0.717) is 11.7 Å². The average Bonchev–Trinajstić information content (AvgIpc) is 2.74. The standard InChI is InChI=1S/C13H17N3O/c1-8(2)10-7-11(14-4)16-13(15-10)12-9(3)5-6-17-12/h5-8H,1-4H3,(H,14,15,16). The van der Waals surface area contributed by atoms with Crippen molar-refractivity contribution in [2.24, 2.45) is 0 Å². The van der Waals surface area contributed by atoms with Crippen LogP contribution in [0.4, 0.5) is 5.82 Å². The maximum Gasteiger partial charge on any atom is 0.198 e. The summed E-state index contributed by atoms with van der Waals surface area (Å²) in [6.45, 7) is 6.21. The van der Waals surface area contributed by atoms with E-state index in [4.69, 9.17) is 4.42 Å². The normalized spacial score (nSPS) is 10.9. The Kier molecular flexibility index (Phi) is 3.13. The third-order valence-electron chi connectivity index (χ3n) is 2.66. The van der Waals surface area contributed by atoms with Crippen LogP contribution in [0.5, 0.6) is 0 Å². The number of nitrogens with zero attached hydrogens (tertiary/aromatic N) is 2. The summed E-state index contributed by atoms with van der Waals surface area (Å²) in [4.78, 5) is 8.96. The van der Waals surface area contributed by atoms with Crippen LogP contribution < -0.4 is 5.32 Å². The first-order valence-corrected chi connectivity index (χ1v) is 5.73. The predicted molar refractivity (Wildman–Crippen MR) is 68.1 cm³/mol. The highest BCUT2D eigenvalue weighted by Gasteiger charge is 2.13. The molecule has 0 saturated carbocycles. The van der Waals surface area contributed by atoms with Crippen LogP contribution in [0, 0.1) is 6.92 Å². The molecule has 4 heteroatoms. The molecule has 2 rings (SSSR count). The molecule has 0 radical (unpaired) electrons. The molecule has 0 fully saturated rings. The number of hydrogen-bond donors (Lipinski definition) is 1. The van der Waals surface area contributed by atoms with Gasteiger partial charge in [0.25, 0.3) is 0 Å². The lowest BCUT2D eigenvalue weighted by molar-refractivity contribution is 0.574. The third kappa shape index (κ3) is 2.30. The third-order valence-corrected chi connectivity index (χ3v) is 2.66. The van der Waals surface area contributed by atoms with Crippen molar-refractivity contribution in [1.82, 2.24) is 9.97 Å². The molecule has 0 unspecified atom stereocenters. The van der Waals surface area contributed by atoms with Crippen molar-refractivity contribution in [2.45, 2.75) is 26.7 Å². The van der Waals surface area contributed by atoms with Gasteiger partial charge in [0.1, 0.15) is 5.82 Å². The van der Waals surface area contributed by atoms with Gasteiger partial charge < -0.3 is 9.73 Å². The van der Waals surface area contributed by atoms with Gasteiger partial charge >= 0.3 is 0 Å². The van der Waals surface area contributed by atoms with Crippen LogP contribution in [0.3, 0.4) is 0 Å². The summed E-state index contributed by atoms with van der Waals surface area (Å²) in [7, 11) is 1.85. The first-order valence-electron chi connectivity index (χ1n) is 5.73. The van der Waals surface area contributed by atoms with Gasteiger partial charge in [0, 0.05) is 18.8 Å². The minimum atomic E-state index is 0.360. The lowest BCUT2D eigenvalue weighted by atomic mass is 10.1. The molecule has 1 N–H and O–H groups in total. The minimum absolute atomic E-state index is 0.360. The van der Waals surface area contributed by atoms with Crippen molar-refractivity contribution < 1.29 is 4.42 Å². The second-order valence-electron chi connectivity index (χ2n) is 4.34. The van der Waals surface area contributed by atoms with Gasteiger partial charge in [0.15, 0.2) is 11.6 Å². The Morgan fingerprint density at radius 1 is 1.29 bits per heavy atom. The van der Waals surface area contributed by atoms with Crippen LogP contribution >= 0.6 is 0 Å². The van der Waals surface area contributed by atoms with Gasteiger partial charge in [-0.25, -0.2) is 9.97 Å². The Labute approximate surface area is 101 Å². The Hall–Kier alpha value is -1.84. The smallest absolute Gasteiger partial charge is 0.198 e. The van der Waals surface area contributed by atoms with Crippen LogP contribution in [0.2, 0.25) is 0 Å². The highest BCUT2D eigenvalue weighted by Crippen LogP contribution is 2.24. The van der Waals surface area contributed by atoms with E-state index in [1.807, 2.05) is 26.1 Å². The molecule has 0 aromatic carbocycles. The first-order chi connectivity index (χ1) is 8.11. The highest BCUT2D eigenvalue weighted by atomic mass is 16.3. The van der Waals surface area contributed by atoms with Gasteiger partial charge in [-0.15, -0.1) is 0 Å². The van der Waals surface area contributed by atoms with E-state index in [2.05, 4.69) is 29.1 Å². The molecule has 0 bridgehead atoms. The average molecular weight is 231 g/mol. The van der Waals surface area contributed by atoms with Crippen molar-refractivity contribution >= 4 is 5.82 Å². The van der Waals surface area contributed by atoms with Gasteiger partial charge in [-0.2, -0.15) is 0 Å². The predicted octanol–water partition coefficient (Wildman–Crippen LogP) is 3.21. The molecule has 0 aliphatic rings. The largest absolute Gasteiger partial charge is 0.461 e. The summed E-state index contributed by atoms with van der Waals surface area (Å²) in [5, 5.41) is 3.05. The summed E-state index contributed by atoms with van der Waals surface area (Å²) in [5.41, 5.74) is 2.06. The fraction of sp³-hybridized carbons (Fsp3) is 0.385. The van der Waals surface area contributed by atoms with E-state index in [1.54, 1.807) is 6.26 Å². The molecule has 90 valence electrons. The fourth-order valence-electron chi connectivity index (χ4n) is 1.59. The zero-order valence-electron chi connectivity index (χ0n) is 10.6. The fourth-order valence-corrected chi connectivity index (χ4v) is 1.59. The summed E-state index contributed by atoms with van der Waals surface area (Å²) >= 11 is 0. The molecule has 17 heavy (non-hydrogen) atoms. The maximum absolute atomic E-state index is 5.43. The van der Waals surface area contributed by atoms with Crippen LogP contribution in [-0.4, -0.2) is 17.0 Å². The Morgan fingerprint density at radius 2 is 2.06 bits per heavy atom. The van der Waals surface area contributed by atoms with Gasteiger partial charge in [-0.3, -0.25) is 0 Å². The van der Waals surface area contributed by atoms with Gasteiger partial charge in [0.2, 0.25) is 0 Å². The molecular weight excluding hydrogens is 214 g/mol. The second kappa shape index (κ2) is 4.57. The van der Waals surface area contributed by atoms with E-state index in [-0.39, 0.29) is 0 Å². The molecule has 2 heterocycles. The summed E-state index contributed by atoms with van der Waals surface area (Å²) < 4.78 is 5.43. The summed E-state index contributed by atoms with van der Waals surface area (Å²) in [6.07, 6.45) is 1.66. The Balaban J connectivity index is 2.54. The molecule has 2 aromatic rings. The molecule has 0 saturated heterocycles. The van der Waals surface area contributed by atoms with Crippen molar-refractivity contribution in [3.8, 4) is 11.6 Å². The number of aryl methyl sites for hydroxylation is 1. The van der Waals surface area contributed by atoms with Crippen molar-refractivity contribution in [2.75, 3.05) is 12.4 Å². The first kappa shape index (κ1) is 11.6. The van der Waals surface area contributed by atoms with Gasteiger partial charge in [-0.1, -0.05) is 13.8 Å². The molecular formula is C13H17N3O. The molecule has 0 aliphatic heterocycles. The number of aromatic nitrogens is 2. The summed E-state index contributed by atoms with van der Waals surface area (Å²) in [5.74, 6) is 2.56. The van der Waals surface area contributed by atoms with Gasteiger partial charge in [-0.05, 0) is 24.5 Å². The van der Waals surface area contributed by atoms with Crippen molar-refractivity contribution in [3.63, 3.8) is 0 Å². The Bertz CT molecular complexity index is 517.